The molecule has 169 valence electrons. The zero-order valence-corrected chi connectivity index (χ0v) is 22.4. The number of rotatable bonds is 5. The molecule has 7 heteroatoms. The van der Waals surface area contributed by atoms with Crippen LogP contribution >= 0.6 is 28.3 Å². The molecular weight excluding hydrogens is 577 g/mol. The molecule has 0 spiro atoms. The first-order valence-corrected chi connectivity index (χ1v) is 15.3. The number of aliphatic imine (C=N–C) groups is 2. The summed E-state index contributed by atoms with van der Waals surface area (Å²) in [5, 5.41) is 0. The van der Waals surface area contributed by atoms with E-state index in [1.165, 1.54) is 11.1 Å². The van der Waals surface area contributed by atoms with Gasteiger partial charge in [0.15, 0.2) is 0 Å². The maximum absolute atomic E-state index is 5.86. The summed E-state index contributed by atoms with van der Waals surface area (Å²) >= 11 is 7.12. The Balaban J connectivity index is 0.000000913. The average Bonchev–Trinajstić information content (AvgIpc) is 3.25. The normalized spacial score (nSPS) is 15.6. The molecule has 0 N–H and O–H groups in total. The molecule has 2 heterocycles. The number of aromatic nitrogens is 1. The van der Waals surface area contributed by atoms with Crippen molar-refractivity contribution in [1.29, 1.82) is 0 Å². The average molecular weight is 602 g/mol. The summed E-state index contributed by atoms with van der Waals surface area (Å²) in [5.41, 5.74) is 7.10. The predicted molar refractivity (Wildman–Crippen MR) is 136 cm³/mol. The number of benzene rings is 2. The van der Waals surface area contributed by atoms with E-state index in [9.17, 15) is 0 Å². The van der Waals surface area contributed by atoms with Crippen molar-refractivity contribution in [3.8, 4) is 0 Å². The minimum atomic E-state index is 0.128. The van der Waals surface area contributed by atoms with Crippen molar-refractivity contribution >= 4 is 45.6 Å². The summed E-state index contributed by atoms with van der Waals surface area (Å²) in [6.45, 7) is 6.75. The summed E-state index contributed by atoms with van der Waals surface area (Å²) in [6.07, 6.45) is 0.872. The molecule has 3 aromatic rings. The first-order valence-electron chi connectivity index (χ1n) is 10.2. The standard InChI is InChI=1S/C25H25N3O.2BrH.Co/c1-17-12-13-22(18(2)14-17)26-19(3)23-10-7-11-24(28-23)25-27-21(16-29-25)15-20-8-5-4-6-9-20;;;/h4-14,21H,15-16H2,1-3H3;2*1H;/q;;;+2/p-2/t21-;;;/m0.../s1. The van der Waals surface area contributed by atoms with E-state index >= 15 is 0 Å². The second kappa shape index (κ2) is 12.4. The van der Waals surface area contributed by atoms with Crippen LogP contribution in [0.2, 0.25) is 0 Å². The van der Waals surface area contributed by atoms with Crippen molar-refractivity contribution in [3.05, 3.63) is 94.8 Å². The van der Waals surface area contributed by atoms with Crippen LogP contribution in [0.25, 0.3) is 0 Å². The Morgan fingerprint density at radius 3 is 2.53 bits per heavy atom. The fraction of sp³-hybridized carbons (Fsp3) is 0.240. The molecule has 1 aliphatic heterocycles. The molecule has 0 amide bonds. The van der Waals surface area contributed by atoms with Gasteiger partial charge < -0.3 is 4.74 Å². The molecule has 4 nitrogen and oxygen atoms in total. The molecule has 0 saturated carbocycles. The Kier molecular flexibility index (Phi) is 9.65. The van der Waals surface area contributed by atoms with E-state index in [0.29, 0.717) is 12.5 Å². The van der Waals surface area contributed by atoms with E-state index in [2.05, 4.69) is 84.6 Å². The summed E-state index contributed by atoms with van der Waals surface area (Å²) in [5.74, 6) is 0.618. The number of hydrogen-bond acceptors (Lipinski definition) is 4. The van der Waals surface area contributed by atoms with Crippen molar-refractivity contribution in [2.45, 2.75) is 33.2 Å². The van der Waals surface area contributed by atoms with Gasteiger partial charge in [-0.25, -0.2) is 9.98 Å². The second-order valence-electron chi connectivity index (χ2n) is 7.53. The molecule has 32 heavy (non-hydrogen) atoms. The van der Waals surface area contributed by atoms with E-state index in [1.54, 1.807) is 0 Å². The quantitative estimate of drug-likeness (QED) is 0.298. The third-order valence-corrected chi connectivity index (χ3v) is 5.01. The molecule has 1 aromatic heterocycles. The first-order chi connectivity index (χ1) is 15.5. The van der Waals surface area contributed by atoms with Gasteiger partial charge in [-0.15, -0.1) is 0 Å². The van der Waals surface area contributed by atoms with Crippen LogP contribution in [0.4, 0.5) is 5.69 Å². The molecule has 0 aliphatic carbocycles. The van der Waals surface area contributed by atoms with Crippen LogP contribution in [0.3, 0.4) is 0 Å². The molecule has 4 rings (SSSR count). The molecule has 0 bridgehead atoms. The Morgan fingerprint density at radius 2 is 1.81 bits per heavy atom. The van der Waals surface area contributed by atoms with Crippen LogP contribution in [0, 0.1) is 13.8 Å². The van der Waals surface area contributed by atoms with Crippen molar-refractivity contribution < 1.29 is 15.9 Å². The van der Waals surface area contributed by atoms with Gasteiger partial charge in [-0.05, 0) is 56.5 Å². The fourth-order valence-corrected chi connectivity index (χ4v) is 3.47. The van der Waals surface area contributed by atoms with E-state index in [0.717, 1.165) is 45.9 Å². The molecular formula is C25H25Br2CoN3O. The first kappa shape index (κ1) is 24.8. The Bertz CT molecular complexity index is 1100. The molecule has 0 fully saturated rings. The topological polar surface area (TPSA) is 46.8 Å². The number of nitrogens with zero attached hydrogens (tertiary/aromatic N) is 3. The second-order valence-corrected chi connectivity index (χ2v) is 12.8. The van der Waals surface area contributed by atoms with E-state index in [4.69, 9.17) is 19.7 Å². The Morgan fingerprint density at radius 1 is 1.06 bits per heavy atom. The summed E-state index contributed by atoms with van der Waals surface area (Å²) in [7, 11) is 0. The van der Waals surface area contributed by atoms with Gasteiger partial charge in [0, 0.05) is 0 Å². The molecule has 1 atom stereocenters. The molecule has 2 aromatic carbocycles. The summed E-state index contributed by atoms with van der Waals surface area (Å²) < 4.78 is 5.86. The van der Waals surface area contributed by atoms with Gasteiger partial charge in [0.05, 0.1) is 23.1 Å². The zero-order valence-electron chi connectivity index (χ0n) is 18.2. The number of hydrogen-bond donors (Lipinski definition) is 0. The van der Waals surface area contributed by atoms with Crippen LogP contribution in [0.5, 0.6) is 0 Å². The van der Waals surface area contributed by atoms with Crippen LogP contribution in [-0.2, 0) is 22.3 Å². The Hall–Kier alpha value is -1.80. The fourth-order valence-electron chi connectivity index (χ4n) is 3.47. The maximum atomic E-state index is 5.86. The van der Waals surface area contributed by atoms with E-state index < -0.39 is 0 Å². The monoisotopic (exact) mass is 600 g/mol. The number of ether oxygens (including phenoxy) is 1. The SMILES string of the molecule is CC(=Nc1ccc(C)cc1C)c1cccc(C2=N[C@@H](Cc3ccccc3)CO2)n1.[Br][Co][Br]. The molecule has 0 saturated heterocycles. The van der Waals surface area contributed by atoms with Gasteiger partial charge >= 0.3 is 39.5 Å². The molecule has 1 aliphatic rings. The van der Waals surface area contributed by atoms with Crippen molar-refractivity contribution in [3.63, 3.8) is 0 Å². The van der Waals surface area contributed by atoms with E-state index in [-0.39, 0.29) is 6.04 Å². The Labute approximate surface area is 210 Å². The van der Waals surface area contributed by atoms with Gasteiger partial charge in [0.2, 0.25) is 5.90 Å². The summed E-state index contributed by atoms with van der Waals surface area (Å²) in [4.78, 5) is 14.3. The van der Waals surface area contributed by atoms with Crippen LogP contribution < -0.4 is 0 Å². The minimum absolute atomic E-state index is 0.128. The van der Waals surface area contributed by atoms with Gasteiger partial charge in [0.25, 0.3) is 0 Å². The van der Waals surface area contributed by atoms with Gasteiger partial charge in [-0.3, -0.25) is 4.99 Å². The van der Waals surface area contributed by atoms with Crippen LogP contribution in [0.15, 0.2) is 76.7 Å². The van der Waals surface area contributed by atoms with Gasteiger partial charge in [-0.2, -0.15) is 0 Å². The number of halogens is 2. The van der Waals surface area contributed by atoms with Crippen molar-refractivity contribution in [2.24, 2.45) is 9.98 Å². The summed E-state index contributed by atoms with van der Waals surface area (Å²) in [6, 6.07) is 22.7. The number of aryl methyl sites for hydroxylation is 2. The molecule has 0 radical (unpaired) electrons. The predicted octanol–water partition coefficient (Wildman–Crippen LogP) is 6.92. The van der Waals surface area contributed by atoms with Gasteiger partial charge in [0.1, 0.15) is 12.3 Å². The van der Waals surface area contributed by atoms with Crippen molar-refractivity contribution in [2.75, 3.05) is 6.61 Å². The van der Waals surface area contributed by atoms with Crippen LogP contribution in [0.1, 0.15) is 35.0 Å². The van der Waals surface area contributed by atoms with E-state index in [1.807, 2.05) is 31.2 Å². The molecule has 0 unspecified atom stereocenters. The van der Waals surface area contributed by atoms with Crippen LogP contribution in [-0.4, -0.2) is 29.2 Å². The third-order valence-electron chi connectivity index (χ3n) is 5.01. The van der Waals surface area contributed by atoms with Crippen molar-refractivity contribution in [1.82, 2.24) is 4.98 Å². The third kappa shape index (κ3) is 7.10. The zero-order chi connectivity index (χ0) is 22.9. The number of pyridine rings is 1. The van der Waals surface area contributed by atoms with Gasteiger partial charge in [-0.1, -0.05) is 54.1 Å².